The number of ether oxygens (including phenoxy) is 1. The summed E-state index contributed by atoms with van der Waals surface area (Å²) < 4.78 is 46.9. The number of nitrogens with zero attached hydrogens (tertiary/aromatic N) is 1. The van der Waals surface area contributed by atoms with Crippen LogP contribution in [0.1, 0.15) is 25.7 Å². The van der Waals surface area contributed by atoms with Crippen molar-refractivity contribution in [3.8, 4) is 17.2 Å². The van der Waals surface area contributed by atoms with Crippen molar-refractivity contribution in [2.75, 3.05) is 11.9 Å². The fourth-order valence-corrected chi connectivity index (χ4v) is 3.01. The number of anilines is 1. The summed E-state index contributed by atoms with van der Waals surface area (Å²) >= 11 is 0. The summed E-state index contributed by atoms with van der Waals surface area (Å²) in [5.74, 6) is -0.795. The lowest BCUT2D eigenvalue weighted by Crippen LogP contribution is -2.29. The van der Waals surface area contributed by atoms with E-state index in [1.54, 1.807) is 0 Å². The van der Waals surface area contributed by atoms with Gasteiger partial charge in [0.25, 0.3) is 0 Å². The van der Waals surface area contributed by atoms with Gasteiger partial charge in [-0.1, -0.05) is 0 Å². The molecular weight excluding hydrogens is 389 g/mol. The highest BCUT2D eigenvalue weighted by Gasteiger charge is 2.32. The molecule has 1 heterocycles. The Morgan fingerprint density at radius 3 is 2.59 bits per heavy atom. The second-order valence-corrected chi connectivity index (χ2v) is 6.34. The first-order valence-electron chi connectivity index (χ1n) is 8.25. The third kappa shape index (κ3) is 5.90. The van der Waals surface area contributed by atoms with E-state index in [4.69, 9.17) is 10.2 Å². The number of nitrogens with one attached hydrogen (secondary N) is 2. The van der Waals surface area contributed by atoms with E-state index < -0.39 is 12.1 Å². The topological polar surface area (TPSA) is 106 Å². The van der Waals surface area contributed by atoms with Gasteiger partial charge in [-0.15, -0.1) is 30.7 Å². The van der Waals surface area contributed by atoms with Crippen molar-refractivity contribution in [2.45, 2.75) is 38.1 Å². The maximum Gasteiger partial charge on any atom is 0.573 e. The number of halogens is 4. The first-order valence-corrected chi connectivity index (χ1v) is 8.25. The zero-order chi connectivity index (χ0) is 18.7. The molecule has 1 aromatic carbocycles. The molecule has 0 amide bonds. The van der Waals surface area contributed by atoms with E-state index in [1.807, 2.05) is 0 Å². The molecule has 0 aliphatic heterocycles. The van der Waals surface area contributed by atoms with Crippen molar-refractivity contribution < 1.29 is 22.3 Å². The molecule has 0 saturated heterocycles. The van der Waals surface area contributed by atoms with Gasteiger partial charge in [-0.3, -0.25) is 0 Å². The van der Waals surface area contributed by atoms with Crippen LogP contribution in [0.4, 0.5) is 18.9 Å². The summed E-state index contributed by atoms with van der Waals surface area (Å²) in [5.41, 5.74) is 6.38. The summed E-state index contributed by atoms with van der Waals surface area (Å²) in [6.07, 6.45) is -1.18. The maximum absolute atomic E-state index is 12.6. The molecule has 3 rings (SSSR count). The highest BCUT2D eigenvalue weighted by atomic mass is 35.5. The molecule has 4 N–H and O–H groups in total. The Bertz CT molecular complexity index is 801. The number of aromatic amines is 1. The molecule has 0 atom stereocenters. The zero-order valence-corrected chi connectivity index (χ0v) is 15.0. The molecule has 2 aromatic rings. The van der Waals surface area contributed by atoms with Crippen LogP contribution >= 0.6 is 12.4 Å². The monoisotopic (exact) mass is 408 g/mol. The van der Waals surface area contributed by atoms with Gasteiger partial charge in [-0.25, -0.2) is 9.89 Å². The van der Waals surface area contributed by atoms with Gasteiger partial charge in [0.05, 0.1) is 5.69 Å². The van der Waals surface area contributed by atoms with Crippen LogP contribution in [0.5, 0.6) is 5.75 Å². The van der Waals surface area contributed by atoms with E-state index in [0.717, 1.165) is 31.7 Å². The first kappa shape index (κ1) is 21.1. The Labute approximate surface area is 158 Å². The molecule has 0 spiro atoms. The Hall–Kier alpha value is -2.20. The molecule has 0 radical (unpaired) electrons. The molecule has 1 aliphatic carbocycles. The van der Waals surface area contributed by atoms with Crippen molar-refractivity contribution in [2.24, 2.45) is 11.7 Å². The van der Waals surface area contributed by atoms with Crippen molar-refractivity contribution >= 4 is 18.1 Å². The summed E-state index contributed by atoms with van der Waals surface area (Å²) in [4.78, 5) is 11.1. The van der Waals surface area contributed by atoms with Crippen LogP contribution in [0.3, 0.4) is 0 Å². The molecule has 0 bridgehead atoms. The number of H-pyrrole nitrogens is 1. The zero-order valence-electron chi connectivity index (χ0n) is 14.2. The molecule has 1 fully saturated rings. The number of nitrogens with two attached hydrogens (primary N) is 1. The highest BCUT2D eigenvalue weighted by molar-refractivity contribution is 5.85. The van der Waals surface area contributed by atoms with Gasteiger partial charge in [-0.2, -0.15) is 0 Å². The third-order valence-corrected chi connectivity index (χ3v) is 4.36. The standard InChI is InChI=1S/C16H19F3N4O3.ClH/c17-16(18,19)26-13-6-3-10(14-22-23-15(24)25-14)7-12(13)21-8-9-1-4-11(20)5-2-9;/h3,6-7,9,11,21H,1-2,4-5,8,20H2,(H,23,24);1H/t9-,11-;. The van der Waals surface area contributed by atoms with Gasteiger partial charge in [0.1, 0.15) is 0 Å². The molecule has 150 valence electrons. The smallest absolute Gasteiger partial charge is 0.404 e. The van der Waals surface area contributed by atoms with Gasteiger partial charge in [0.15, 0.2) is 5.75 Å². The maximum atomic E-state index is 12.6. The van der Waals surface area contributed by atoms with Gasteiger partial charge >= 0.3 is 12.1 Å². The van der Waals surface area contributed by atoms with Crippen molar-refractivity contribution in [1.29, 1.82) is 0 Å². The Kier molecular flexibility index (Phi) is 6.77. The first-order chi connectivity index (χ1) is 12.3. The molecule has 1 saturated carbocycles. The Morgan fingerprint density at radius 2 is 2.00 bits per heavy atom. The number of rotatable bonds is 5. The highest BCUT2D eigenvalue weighted by Crippen LogP contribution is 2.34. The third-order valence-electron chi connectivity index (χ3n) is 4.36. The van der Waals surface area contributed by atoms with E-state index in [0.29, 0.717) is 18.0 Å². The van der Waals surface area contributed by atoms with Gasteiger partial charge in [-0.05, 0) is 49.8 Å². The van der Waals surface area contributed by atoms with Crippen LogP contribution in [0.2, 0.25) is 0 Å². The minimum atomic E-state index is -4.81. The second kappa shape index (κ2) is 8.66. The quantitative estimate of drug-likeness (QED) is 0.701. The van der Waals surface area contributed by atoms with E-state index in [-0.39, 0.29) is 35.8 Å². The molecule has 27 heavy (non-hydrogen) atoms. The van der Waals surface area contributed by atoms with E-state index in [2.05, 4.69) is 20.3 Å². The lowest BCUT2D eigenvalue weighted by atomic mass is 9.86. The van der Waals surface area contributed by atoms with E-state index in [9.17, 15) is 18.0 Å². The number of alkyl halides is 3. The van der Waals surface area contributed by atoms with Crippen molar-refractivity contribution in [3.05, 3.63) is 28.7 Å². The van der Waals surface area contributed by atoms with Crippen LogP contribution in [-0.2, 0) is 0 Å². The molecule has 0 unspecified atom stereocenters. The van der Waals surface area contributed by atoms with Gasteiger partial charge < -0.3 is 20.2 Å². The molecule has 11 heteroatoms. The van der Waals surface area contributed by atoms with Crippen LogP contribution in [0.15, 0.2) is 27.4 Å². The molecule has 7 nitrogen and oxygen atoms in total. The number of aromatic nitrogens is 2. The largest absolute Gasteiger partial charge is 0.573 e. The summed E-state index contributed by atoms with van der Waals surface area (Å²) in [5, 5.41) is 8.81. The fourth-order valence-electron chi connectivity index (χ4n) is 3.01. The normalized spacial score (nSPS) is 20.0. The Morgan fingerprint density at radius 1 is 1.30 bits per heavy atom. The van der Waals surface area contributed by atoms with Crippen LogP contribution in [0, 0.1) is 5.92 Å². The second-order valence-electron chi connectivity index (χ2n) is 6.34. The van der Waals surface area contributed by atoms with Gasteiger partial charge in [0, 0.05) is 18.2 Å². The number of hydrogen-bond acceptors (Lipinski definition) is 6. The SMILES string of the molecule is Cl.N[C@H]1CC[C@H](CNc2cc(-c3n[nH]c(=O)o3)ccc2OC(F)(F)F)CC1. The van der Waals surface area contributed by atoms with Crippen LogP contribution in [0.25, 0.3) is 11.5 Å². The summed E-state index contributed by atoms with van der Waals surface area (Å²) in [6.45, 7) is 0.495. The molecule has 1 aromatic heterocycles. The number of hydrogen-bond donors (Lipinski definition) is 3. The predicted octanol–water partition coefficient (Wildman–Crippen LogP) is 3.28. The lowest BCUT2D eigenvalue weighted by Gasteiger charge is -2.27. The van der Waals surface area contributed by atoms with Crippen molar-refractivity contribution in [3.63, 3.8) is 0 Å². The molecular formula is C16H20ClF3N4O3. The molecule has 1 aliphatic rings. The Balaban J connectivity index is 0.00000261. The minimum absolute atomic E-state index is 0. The average Bonchev–Trinajstić information content (AvgIpc) is 3.00. The summed E-state index contributed by atoms with van der Waals surface area (Å²) in [7, 11) is 0. The van der Waals surface area contributed by atoms with Crippen LogP contribution < -0.4 is 21.5 Å². The van der Waals surface area contributed by atoms with E-state index in [1.165, 1.54) is 12.1 Å². The summed E-state index contributed by atoms with van der Waals surface area (Å²) in [6, 6.07) is 4.11. The van der Waals surface area contributed by atoms with Gasteiger partial charge in [0.2, 0.25) is 5.89 Å². The van der Waals surface area contributed by atoms with E-state index >= 15 is 0 Å². The minimum Gasteiger partial charge on any atom is -0.404 e. The average molecular weight is 409 g/mol. The van der Waals surface area contributed by atoms with Crippen LogP contribution in [-0.4, -0.2) is 29.1 Å². The predicted molar refractivity (Wildman–Crippen MR) is 94.9 cm³/mol. The lowest BCUT2D eigenvalue weighted by molar-refractivity contribution is -0.274. The number of benzene rings is 1. The van der Waals surface area contributed by atoms with Crippen molar-refractivity contribution in [1.82, 2.24) is 10.2 Å². The fraction of sp³-hybridized carbons (Fsp3) is 0.500.